The van der Waals surface area contributed by atoms with E-state index in [1.165, 1.54) is 0 Å². The third kappa shape index (κ3) is 5.50. The molecule has 5 nitrogen and oxygen atoms in total. The number of ether oxygens (including phenoxy) is 2. The second kappa shape index (κ2) is 9.08. The van der Waals surface area contributed by atoms with Gasteiger partial charge in [-0.25, -0.2) is 0 Å². The number of amides is 1. The molecule has 2 rings (SSSR count). The second-order valence-electron chi connectivity index (χ2n) is 6.03. The maximum atomic E-state index is 11.5. The molecule has 134 valence electrons. The molecule has 0 radical (unpaired) electrons. The summed E-state index contributed by atoms with van der Waals surface area (Å²) in [4.78, 5) is 11.5. The number of nitrogens with one attached hydrogen (secondary N) is 2. The van der Waals surface area contributed by atoms with Crippen LogP contribution in [0.2, 0.25) is 0 Å². The topological polar surface area (TPSA) is 59.6 Å². The smallest absolute Gasteiger partial charge is 0.251 e. The Labute approximate surface area is 149 Å². The van der Waals surface area contributed by atoms with E-state index in [2.05, 4.69) is 10.6 Å². The van der Waals surface area contributed by atoms with Gasteiger partial charge >= 0.3 is 0 Å². The van der Waals surface area contributed by atoms with Crippen molar-refractivity contribution in [2.45, 2.75) is 33.0 Å². The highest BCUT2D eigenvalue weighted by Crippen LogP contribution is 2.28. The zero-order valence-electron chi connectivity index (χ0n) is 15.3. The van der Waals surface area contributed by atoms with Gasteiger partial charge in [-0.2, -0.15) is 0 Å². The first kappa shape index (κ1) is 18.8. The van der Waals surface area contributed by atoms with Gasteiger partial charge in [0.25, 0.3) is 5.91 Å². The van der Waals surface area contributed by atoms with Crippen LogP contribution in [0.3, 0.4) is 0 Å². The average molecular weight is 342 g/mol. The zero-order chi connectivity index (χ0) is 18.2. The maximum absolute atomic E-state index is 11.5. The van der Waals surface area contributed by atoms with Crippen LogP contribution in [0.15, 0.2) is 42.5 Å². The summed E-state index contributed by atoms with van der Waals surface area (Å²) in [5, 5.41) is 6.01. The van der Waals surface area contributed by atoms with Crippen molar-refractivity contribution in [1.29, 1.82) is 0 Å². The molecule has 2 aromatic carbocycles. The van der Waals surface area contributed by atoms with E-state index < -0.39 is 0 Å². The average Bonchev–Trinajstić information content (AvgIpc) is 2.62. The van der Waals surface area contributed by atoms with Crippen molar-refractivity contribution in [2.24, 2.45) is 0 Å². The molecule has 0 spiro atoms. The molecule has 1 amide bonds. The quantitative estimate of drug-likeness (QED) is 0.774. The minimum atomic E-state index is -0.0738. The first-order valence-corrected chi connectivity index (χ1v) is 8.38. The summed E-state index contributed by atoms with van der Waals surface area (Å²) >= 11 is 0. The van der Waals surface area contributed by atoms with Gasteiger partial charge in [0.2, 0.25) is 0 Å². The molecule has 0 atom stereocenters. The van der Waals surface area contributed by atoms with Crippen molar-refractivity contribution in [1.82, 2.24) is 10.6 Å². The Hall–Kier alpha value is -2.53. The van der Waals surface area contributed by atoms with Crippen LogP contribution in [0, 0.1) is 0 Å². The summed E-state index contributed by atoms with van der Waals surface area (Å²) in [6.45, 7) is 5.42. The van der Waals surface area contributed by atoms with E-state index in [1.807, 2.05) is 56.3 Å². The highest BCUT2D eigenvalue weighted by molar-refractivity contribution is 5.93. The molecule has 25 heavy (non-hydrogen) atoms. The summed E-state index contributed by atoms with van der Waals surface area (Å²) < 4.78 is 11.1. The van der Waals surface area contributed by atoms with Crippen LogP contribution in [0.25, 0.3) is 0 Å². The lowest BCUT2D eigenvalue weighted by Gasteiger charge is -2.14. The number of carbonyl (C=O) groups excluding carboxylic acids is 1. The summed E-state index contributed by atoms with van der Waals surface area (Å²) in [5.41, 5.74) is 2.91. The molecule has 0 saturated carbocycles. The van der Waals surface area contributed by atoms with Gasteiger partial charge in [0.15, 0.2) is 11.5 Å². The Kier molecular flexibility index (Phi) is 6.83. The van der Waals surface area contributed by atoms with Crippen molar-refractivity contribution in [2.75, 3.05) is 14.2 Å². The minimum absolute atomic E-state index is 0.0738. The van der Waals surface area contributed by atoms with Crippen LogP contribution in [-0.2, 0) is 13.1 Å². The molecule has 0 aliphatic carbocycles. The van der Waals surface area contributed by atoms with Crippen LogP contribution in [0.1, 0.15) is 35.3 Å². The molecule has 0 aliphatic heterocycles. The van der Waals surface area contributed by atoms with Gasteiger partial charge in [-0.05, 0) is 49.2 Å². The monoisotopic (exact) mass is 342 g/mol. The fourth-order valence-electron chi connectivity index (χ4n) is 2.44. The van der Waals surface area contributed by atoms with Gasteiger partial charge < -0.3 is 20.1 Å². The highest BCUT2D eigenvalue weighted by Gasteiger charge is 2.07. The number of methoxy groups -OCH3 is 1. The molecule has 0 bridgehead atoms. The van der Waals surface area contributed by atoms with E-state index in [9.17, 15) is 4.79 Å². The lowest BCUT2D eigenvalue weighted by atomic mass is 10.1. The minimum Gasteiger partial charge on any atom is -0.493 e. The third-order valence-electron chi connectivity index (χ3n) is 3.69. The number of hydrogen-bond donors (Lipinski definition) is 2. The molecule has 0 saturated heterocycles. The van der Waals surface area contributed by atoms with Gasteiger partial charge in [0.1, 0.15) is 0 Å². The summed E-state index contributed by atoms with van der Waals surface area (Å²) in [7, 11) is 3.28. The standard InChI is InChI=1S/C20H26N2O3/c1-14(2)25-18-10-7-16(11-19(18)24-4)13-22-12-15-5-8-17(9-6-15)20(23)21-3/h5-11,14,22H,12-13H2,1-4H3,(H,21,23). The lowest BCUT2D eigenvalue weighted by Crippen LogP contribution is -2.18. The van der Waals surface area contributed by atoms with Crippen LogP contribution in [-0.4, -0.2) is 26.2 Å². The van der Waals surface area contributed by atoms with Crippen molar-refractivity contribution < 1.29 is 14.3 Å². The van der Waals surface area contributed by atoms with Crippen LogP contribution in [0.5, 0.6) is 11.5 Å². The fraction of sp³-hybridized carbons (Fsp3) is 0.350. The molecular weight excluding hydrogens is 316 g/mol. The van der Waals surface area contributed by atoms with Crippen molar-refractivity contribution in [3.8, 4) is 11.5 Å². The van der Waals surface area contributed by atoms with E-state index >= 15 is 0 Å². The summed E-state index contributed by atoms with van der Waals surface area (Å²) in [6, 6.07) is 13.5. The van der Waals surface area contributed by atoms with Gasteiger partial charge in [-0.3, -0.25) is 4.79 Å². The normalized spacial score (nSPS) is 10.6. The van der Waals surface area contributed by atoms with Crippen molar-refractivity contribution in [3.63, 3.8) is 0 Å². The molecule has 2 aromatic rings. The first-order chi connectivity index (χ1) is 12.0. The van der Waals surface area contributed by atoms with Gasteiger partial charge in [-0.1, -0.05) is 18.2 Å². The molecule has 0 heterocycles. The number of carbonyl (C=O) groups is 1. The predicted molar refractivity (Wildman–Crippen MR) is 99.1 cm³/mol. The Bertz CT molecular complexity index is 697. The molecule has 0 aromatic heterocycles. The molecule has 5 heteroatoms. The van der Waals surface area contributed by atoms with Gasteiger partial charge in [0, 0.05) is 25.7 Å². The molecule has 2 N–H and O–H groups in total. The Balaban J connectivity index is 1.92. The van der Waals surface area contributed by atoms with E-state index in [4.69, 9.17) is 9.47 Å². The first-order valence-electron chi connectivity index (χ1n) is 8.38. The molecule has 0 fully saturated rings. The number of hydrogen-bond acceptors (Lipinski definition) is 4. The van der Waals surface area contributed by atoms with E-state index in [1.54, 1.807) is 14.2 Å². The predicted octanol–water partition coefficient (Wildman–Crippen LogP) is 3.13. The lowest BCUT2D eigenvalue weighted by molar-refractivity contribution is 0.0963. The van der Waals surface area contributed by atoms with Gasteiger partial charge in [-0.15, -0.1) is 0 Å². The highest BCUT2D eigenvalue weighted by atomic mass is 16.5. The summed E-state index contributed by atoms with van der Waals surface area (Å²) in [6.07, 6.45) is 0.107. The van der Waals surface area contributed by atoms with Crippen molar-refractivity contribution >= 4 is 5.91 Å². The fourth-order valence-corrected chi connectivity index (χ4v) is 2.44. The van der Waals surface area contributed by atoms with E-state index in [-0.39, 0.29) is 12.0 Å². The SMILES string of the molecule is CNC(=O)c1ccc(CNCc2ccc(OC(C)C)c(OC)c2)cc1. The van der Waals surface area contributed by atoms with Crippen LogP contribution < -0.4 is 20.1 Å². The Morgan fingerprint density at radius 1 is 1.00 bits per heavy atom. The number of rotatable bonds is 8. The van der Waals surface area contributed by atoms with Gasteiger partial charge in [0.05, 0.1) is 13.2 Å². The zero-order valence-corrected chi connectivity index (χ0v) is 15.3. The van der Waals surface area contributed by atoms with E-state index in [0.717, 1.165) is 35.7 Å². The largest absolute Gasteiger partial charge is 0.493 e. The molecule has 0 aliphatic rings. The van der Waals surface area contributed by atoms with Crippen molar-refractivity contribution in [3.05, 3.63) is 59.2 Å². The Morgan fingerprint density at radius 2 is 1.64 bits per heavy atom. The van der Waals surface area contributed by atoms with Crippen LogP contribution >= 0.6 is 0 Å². The second-order valence-corrected chi connectivity index (χ2v) is 6.03. The Morgan fingerprint density at radius 3 is 2.24 bits per heavy atom. The third-order valence-corrected chi connectivity index (χ3v) is 3.69. The van der Waals surface area contributed by atoms with E-state index in [0.29, 0.717) is 5.56 Å². The molecule has 0 unspecified atom stereocenters. The summed E-state index contributed by atoms with van der Waals surface area (Å²) in [5.74, 6) is 1.42. The maximum Gasteiger partial charge on any atom is 0.251 e. The van der Waals surface area contributed by atoms with Crippen LogP contribution in [0.4, 0.5) is 0 Å². The number of benzene rings is 2. The molecular formula is C20H26N2O3.